The summed E-state index contributed by atoms with van der Waals surface area (Å²) in [5, 5.41) is 0. The molecule has 0 heterocycles. The van der Waals surface area contributed by atoms with Gasteiger partial charge in [-0.1, -0.05) is 0 Å². The van der Waals surface area contributed by atoms with Crippen LogP contribution in [0.2, 0.25) is 0 Å². The predicted molar refractivity (Wildman–Crippen MR) is 27.6 cm³/mol. The van der Waals surface area contributed by atoms with Crippen LogP contribution in [0.3, 0.4) is 0 Å². The topological polar surface area (TPSA) is 398 Å². The van der Waals surface area contributed by atoms with Crippen LogP contribution >= 0.6 is 0 Å². The minimum Gasteiger partial charge on any atom is -0.321 e. The van der Waals surface area contributed by atoms with Crippen LogP contribution in [0, 0.1) is 64.7 Å². The van der Waals surface area contributed by atoms with Gasteiger partial charge in [-0.15, -0.1) is 0 Å². The molecule has 169 valence electrons. The van der Waals surface area contributed by atoms with Crippen LogP contribution in [-0.2, 0) is 20.1 Å². The second kappa shape index (κ2) is 52.7. The fourth-order valence-corrected chi connectivity index (χ4v) is 0. The molecule has 0 spiro atoms. The van der Waals surface area contributed by atoms with Crippen molar-refractivity contribution in [2.45, 2.75) is 0 Å². The van der Waals surface area contributed by atoms with Crippen molar-refractivity contribution < 1.29 is 169 Å². The number of halogens is 6. The van der Waals surface area contributed by atoms with E-state index in [-0.39, 0.29) is 123 Å². The molecule has 0 fully saturated rings. The number of hydrogen-bond donors (Lipinski definition) is 6. The summed E-state index contributed by atoms with van der Waals surface area (Å²) in [7, 11) is -15.6. The van der Waals surface area contributed by atoms with Gasteiger partial charge in [-0.25, -0.2) is 0 Å². The summed E-state index contributed by atoms with van der Waals surface area (Å²) in [5.74, 6) is 0. The van der Waals surface area contributed by atoms with Crippen LogP contribution in [0.5, 0.6) is 0 Å². The molecule has 0 aliphatic heterocycles. The van der Waals surface area contributed by atoms with E-state index in [1.165, 1.54) is 0 Å². The van der Waals surface area contributed by atoms with E-state index in [9.17, 15) is 0 Å². The van der Waals surface area contributed by atoms with Crippen molar-refractivity contribution >= 4 is 103 Å². The first-order valence-corrected chi connectivity index (χ1v) is 8.60. The summed E-state index contributed by atoms with van der Waals surface area (Å²) >= 11 is 0. The molecule has 0 aliphatic rings. The third kappa shape index (κ3) is 1060. The predicted octanol–water partition coefficient (Wildman–Crippen LogP) is -18.9. The molecule has 6 N–H and O–H groups in total. The Balaban J connectivity index is -0.0000000201. The van der Waals surface area contributed by atoms with Gasteiger partial charge >= 0.3 is 103 Å². The molecule has 18 nitrogen and oxygen atoms in total. The molecule has 0 amide bonds. The van der Waals surface area contributed by atoms with E-state index in [0.717, 1.165) is 0 Å². The minimum absolute atomic E-state index is 0. The Morgan fingerprint density at radius 1 is 0.296 bits per heavy atom. The van der Waals surface area contributed by atoms with Crippen molar-refractivity contribution in [1.82, 2.24) is 0 Å². The molecule has 0 aromatic carbocycles. The fraction of sp³-hybridized carbons (Fsp3) is 0. The fourth-order valence-electron chi connectivity index (χ4n) is 0. The van der Waals surface area contributed by atoms with Crippen molar-refractivity contribution in [3.05, 3.63) is 0 Å². The molecule has 0 saturated carbocycles. The smallest absolute Gasteiger partial charge is 0.282 e. The summed E-state index contributed by atoms with van der Waals surface area (Å²) in [6.45, 7) is 0. The van der Waals surface area contributed by atoms with Crippen molar-refractivity contribution in [3.8, 4) is 0 Å². The molecule has 0 unspecified atom stereocenters. The molecule has 0 bridgehead atoms. The zero-order chi connectivity index (χ0) is 21.5. The molecule has 0 aromatic heterocycles. The second-order valence-corrected chi connectivity index (χ2v) is 3.62. The summed E-state index contributed by atoms with van der Waals surface area (Å²) in [4.78, 5) is 0. The van der Waals surface area contributed by atoms with Crippen LogP contribution in [0.25, 0.3) is 0 Å². The van der Waals surface area contributed by atoms with Crippen LogP contribution in [0.1, 0.15) is 0 Å². The summed E-state index contributed by atoms with van der Waals surface area (Å²) in [6, 6.07) is 0. The van der Waals surface area contributed by atoms with E-state index in [0.29, 0.717) is 0 Å². The number of hydrogen-bond acceptors (Lipinski definition) is 18. The van der Waals surface area contributed by atoms with Gasteiger partial charge in [-0.05, 0) is 0 Å². The zero-order valence-electron chi connectivity index (χ0n) is 10.2. The van der Waals surface area contributed by atoms with Crippen molar-refractivity contribution in [2.75, 3.05) is 0 Å². The van der Waals surface area contributed by atoms with Gasteiger partial charge in [0.05, 0.1) is 0 Å². The average Bonchev–Trinajstić information content (AvgIpc) is 2.08. The maximum atomic E-state index is 8.52. The van der Waals surface area contributed by atoms with E-state index in [2.05, 4.69) is 0 Å². The van der Waals surface area contributed by atoms with Crippen LogP contribution < -0.4 is 55.9 Å². The van der Waals surface area contributed by atoms with Crippen molar-refractivity contribution in [2.24, 2.45) is 0 Å². The molecule has 0 atom stereocenters. The van der Waals surface area contributed by atoms with Gasteiger partial charge < -0.3 is 55.9 Å². The van der Waals surface area contributed by atoms with Gasteiger partial charge in [0.25, 0.3) is 64.7 Å². The standard InChI is InChI=1S/6ClHO3.Ir.2K.2H/c6*2-1(3)4;;;;;/h6*2H;;;;;. The molecule has 27 heteroatoms. The van der Waals surface area contributed by atoms with Crippen LogP contribution in [0.4, 0.5) is 0 Å². The average molecular weight is 779 g/mol. The maximum Gasteiger partial charge on any atom is 0.282 e. The first-order valence-electron chi connectivity index (χ1n) is 2.87. The first kappa shape index (κ1) is 58.1. The van der Waals surface area contributed by atoms with Gasteiger partial charge in [-0.3, -0.25) is 0 Å². The first-order chi connectivity index (χ1) is 10.4. The quantitative estimate of drug-likeness (QED) is 0.124. The molecular weight excluding hydrogens is 771 g/mol. The van der Waals surface area contributed by atoms with Crippen LogP contribution in [-0.4, -0.2) is 131 Å². The van der Waals surface area contributed by atoms with Gasteiger partial charge in [0.2, 0.25) is 0 Å². The van der Waals surface area contributed by atoms with Crippen molar-refractivity contribution in [3.63, 3.8) is 0 Å². The minimum atomic E-state index is -2.60. The molecule has 27 heavy (non-hydrogen) atoms. The number of rotatable bonds is 0. The maximum absolute atomic E-state index is 8.52. The zero-order valence-corrected chi connectivity index (χ0v) is 17.1. The molecule has 0 aliphatic carbocycles. The SMILES string of the molecule is [Ir].[KH].[KH].[O-][Cl+2]([O-])O.[O-][Cl+2]([O-])O.[O-][Cl+2]([O-])O.[O-][Cl+2]([O-])O.[O-][Cl+2]([O-])O.[O-][Cl+2]([O-])O. The van der Waals surface area contributed by atoms with E-state index in [1.807, 2.05) is 0 Å². The third-order valence-electron chi connectivity index (χ3n) is 0. The Morgan fingerprint density at radius 3 is 0.296 bits per heavy atom. The van der Waals surface area contributed by atoms with Gasteiger partial charge in [-0.2, -0.15) is 0 Å². The van der Waals surface area contributed by atoms with Gasteiger partial charge in [0, 0.05) is 48.1 Å². The largest absolute Gasteiger partial charge is 0.321 e. The van der Waals surface area contributed by atoms with Gasteiger partial charge in [0.15, 0.2) is 0 Å². The molecule has 0 saturated heterocycles. The molecule has 0 aromatic rings. The van der Waals surface area contributed by atoms with Gasteiger partial charge in [0.1, 0.15) is 0 Å². The Morgan fingerprint density at radius 2 is 0.296 bits per heavy atom. The third-order valence-corrected chi connectivity index (χ3v) is 0. The van der Waals surface area contributed by atoms with E-state index < -0.39 is 64.7 Å². The molecule has 1 radical (unpaired) electrons. The normalized spacial score (nSPS) is 8.00. The van der Waals surface area contributed by atoms with Crippen molar-refractivity contribution in [1.29, 1.82) is 0 Å². The summed E-state index contributed by atoms with van der Waals surface area (Å²) in [5.41, 5.74) is 0. The van der Waals surface area contributed by atoms with Crippen LogP contribution in [0.15, 0.2) is 0 Å². The second-order valence-electron chi connectivity index (χ2n) is 1.21. The van der Waals surface area contributed by atoms with E-state index in [1.54, 1.807) is 0 Å². The Hall–Kier alpha value is 4.94. The molecule has 0 rings (SSSR count). The summed E-state index contributed by atoms with van der Waals surface area (Å²) in [6.07, 6.45) is 0. The summed E-state index contributed by atoms with van der Waals surface area (Å²) < 4.78 is 144. The van der Waals surface area contributed by atoms with E-state index in [4.69, 9.17) is 83.9 Å². The molecular formula is H8Cl6IrK2O18. The Labute approximate surface area is 266 Å². The Bertz CT molecular complexity index is 111. The van der Waals surface area contributed by atoms with E-state index >= 15 is 0 Å². The Kier molecular flexibility index (Phi) is 113. The monoisotopic (exact) mass is 777 g/mol.